The summed E-state index contributed by atoms with van der Waals surface area (Å²) in [6, 6.07) is 13.8. The van der Waals surface area contributed by atoms with Crippen molar-refractivity contribution in [1.82, 2.24) is 10.2 Å². The number of carbonyl (C=O) groups excluding carboxylic acids is 1. The summed E-state index contributed by atoms with van der Waals surface area (Å²) in [7, 11) is 0. The van der Waals surface area contributed by atoms with Crippen molar-refractivity contribution in [2.75, 3.05) is 19.7 Å². The maximum atomic E-state index is 11.5. The number of benzene rings is 2. The van der Waals surface area contributed by atoms with Gasteiger partial charge in [0.1, 0.15) is 0 Å². The summed E-state index contributed by atoms with van der Waals surface area (Å²) < 4.78 is 0. The smallest absolute Gasteiger partial charge is 0.226 e. The van der Waals surface area contributed by atoms with E-state index >= 15 is 0 Å². The van der Waals surface area contributed by atoms with Crippen molar-refractivity contribution < 1.29 is 14.7 Å². The molecule has 2 aliphatic rings. The van der Waals surface area contributed by atoms with Crippen molar-refractivity contribution in [3.05, 3.63) is 69.7 Å². The lowest BCUT2D eigenvalue weighted by atomic mass is 9.78. The third-order valence-corrected chi connectivity index (χ3v) is 6.62. The average Bonchev–Trinajstić information content (AvgIpc) is 3.39. The number of halogens is 1. The predicted molar refractivity (Wildman–Crippen MR) is 116 cm³/mol. The molecule has 1 heterocycles. The van der Waals surface area contributed by atoms with Gasteiger partial charge in [0, 0.05) is 34.7 Å². The molecule has 1 amide bonds. The van der Waals surface area contributed by atoms with Gasteiger partial charge in [-0.25, -0.2) is 0 Å². The number of hydrogen-bond acceptors (Lipinski definition) is 5. The number of rotatable bonds is 8. The monoisotopic (exact) mass is 427 g/mol. The molecule has 7 heteroatoms. The molecular formula is C23H26ClN3O3. The summed E-state index contributed by atoms with van der Waals surface area (Å²) in [6.45, 7) is 3.07. The minimum atomic E-state index is -0.419. The van der Waals surface area contributed by atoms with Crippen molar-refractivity contribution in [3.8, 4) is 0 Å². The van der Waals surface area contributed by atoms with Gasteiger partial charge in [0.25, 0.3) is 0 Å². The Hall–Kier alpha value is -2.57. The maximum absolute atomic E-state index is 11.5. The first kappa shape index (κ1) is 20.7. The SMILES string of the molecule is CCC1(CN(C=O)CCO)CCc2c(C3=NOC(c4ccccc4Cl)N3)cccc21. The van der Waals surface area contributed by atoms with Gasteiger partial charge in [-0.1, -0.05) is 60.1 Å². The van der Waals surface area contributed by atoms with Gasteiger partial charge in [-0.05, 0) is 36.5 Å². The molecule has 6 nitrogen and oxygen atoms in total. The Labute approximate surface area is 181 Å². The van der Waals surface area contributed by atoms with E-state index in [4.69, 9.17) is 16.4 Å². The number of amides is 1. The zero-order chi connectivity index (χ0) is 21.1. The minimum Gasteiger partial charge on any atom is -0.395 e. The van der Waals surface area contributed by atoms with Gasteiger partial charge in [0.2, 0.25) is 12.6 Å². The largest absolute Gasteiger partial charge is 0.395 e. The van der Waals surface area contributed by atoms with Crippen LogP contribution in [-0.2, 0) is 21.5 Å². The molecule has 2 unspecified atom stereocenters. The first-order valence-electron chi connectivity index (χ1n) is 10.3. The zero-order valence-corrected chi connectivity index (χ0v) is 17.7. The second-order valence-corrected chi connectivity index (χ2v) is 8.26. The maximum Gasteiger partial charge on any atom is 0.226 e. The van der Waals surface area contributed by atoms with E-state index in [1.807, 2.05) is 30.3 Å². The molecule has 2 atom stereocenters. The van der Waals surface area contributed by atoms with Crippen LogP contribution in [0.2, 0.25) is 5.02 Å². The van der Waals surface area contributed by atoms with Gasteiger partial charge in [0.05, 0.1) is 6.61 Å². The van der Waals surface area contributed by atoms with Crippen LogP contribution in [-0.4, -0.2) is 41.9 Å². The summed E-state index contributed by atoms with van der Waals surface area (Å²) in [5.74, 6) is 0.700. The highest BCUT2D eigenvalue weighted by molar-refractivity contribution is 6.31. The molecule has 1 aliphatic carbocycles. The summed E-state index contributed by atoms with van der Waals surface area (Å²) >= 11 is 6.31. The Balaban J connectivity index is 1.61. The van der Waals surface area contributed by atoms with Crippen LogP contribution in [0.4, 0.5) is 0 Å². The zero-order valence-electron chi connectivity index (χ0n) is 17.0. The number of aliphatic hydroxyl groups excluding tert-OH is 1. The average molecular weight is 428 g/mol. The molecule has 2 aromatic rings. The Morgan fingerprint density at radius 3 is 2.90 bits per heavy atom. The van der Waals surface area contributed by atoms with Crippen molar-refractivity contribution >= 4 is 23.8 Å². The molecular weight excluding hydrogens is 402 g/mol. The van der Waals surface area contributed by atoms with Crippen molar-refractivity contribution in [2.24, 2.45) is 5.16 Å². The van der Waals surface area contributed by atoms with Crippen molar-refractivity contribution in [2.45, 2.75) is 37.8 Å². The second kappa shape index (κ2) is 8.66. The van der Waals surface area contributed by atoms with Gasteiger partial charge in [-0.3, -0.25) is 4.79 Å². The normalized spacial score (nSPS) is 22.1. The standard InChI is InChI=1S/C23H26ClN3O3/c1-2-23(14-27(15-29)12-13-28)11-10-16-17(7-5-8-19(16)23)21-25-22(30-26-21)18-6-3-4-9-20(18)24/h3-9,15,22,28H,2,10-14H2,1H3,(H,25,26). The van der Waals surface area contributed by atoms with E-state index in [0.717, 1.165) is 36.8 Å². The molecule has 0 fully saturated rings. The molecule has 0 radical (unpaired) electrons. The molecule has 4 rings (SSSR count). The molecule has 2 N–H and O–H groups in total. The predicted octanol–water partition coefficient (Wildman–Crippen LogP) is 3.36. The van der Waals surface area contributed by atoms with Gasteiger partial charge < -0.3 is 20.2 Å². The van der Waals surface area contributed by atoms with Gasteiger partial charge >= 0.3 is 0 Å². The first-order chi connectivity index (χ1) is 14.6. The molecule has 2 aromatic carbocycles. The third kappa shape index (κ3) is 3.66. The molecule has 0 bridgehead atoms. The van der Waals surface area contributed by atoms with E-state index in [1.165, 1.54) is 11.1 Å². The fourth-order valence-electron chi connectivity index (χ4n) is 4.63. The molecule has 0 spiro atoms. The van der Waals surface area contributed by atoms with Crippen molar-refractivity contribution in [1.29, 1.82) is 0 Å². The van der Waals surface area contributed by atoms with Crippen LogP contribution in [0.15, 0.2) is 47.6 Å². The summed E-state index contributed by atoms with van der Waals surface area (Å²) in [5, 5.41) is 17.6. The van der Waals surface area contributed by atoms with E-state index in [2.05, 4.69) is 29.5 Å². The highest BCUT2D eigenvalue weighted by Crippen LogP contribution is 2.44. The van der Waals surface area contributed by atoms with Crippen LogP contribution in [0.1, 0.15) is 48.2 Å². The number of fused-ring (bicyclic) bond motifs is 1. The number of amidine groups is 1. The Morgan fingerprint density at radius 1 is 1.33 bits per heavy atom. The van der Waals surface area contributed by atoms with Crippen LogP contribution in [0.25, 0.3) is 0 Å². The van der Waals surface area contributed by atoms with E-state index in [0.29, 0.717) is 23.9 Å². The fourth-order valence-corrected chi connectivity index (χ4v) is 4.87. The Kier molecular flexibility index (Phi) is 5.97. The second-order valence-electron chi connectivity index (χ2n) is 7.86. The number of nitrogens with zero attached hydrogens (tertiary/aromatic N) is 2. The quantitative estimate of drug-likeness (QED) is 0.633. The minimum absolute atomic E-state index is 0.0348. The van der Waals surface area contributed by atoms with E-state index in [-0.39, 0.29) is 12.0 Å². The van der Waals surface area contributed by atoms with Crippen LogP contribution in [0.5, 0.6) is 0 Å². The van der Waals surface area contributed by atoms with E-state index < -0.39 is 6.23 Å². The van der Waals surface area contributed by atoms with Gasteiger partial charge in [-0.15, -0.1) is 0 Å². The number of hydrogen-bond donors (Lipinski definition) is 2. The topological polar surface area (TPSA) is 74.2 Å². The van der Waals surface area contributed by atoms with Crippen LogP contribution >= 0.6 is 11.6 Å². The van der Waals surface area contributed by atoms with Crippen LogP contribution in [0, 0.1) is 0 Å². The van der Waals surface area contributed by atoms with Crippen molar-refractivity contribution in [3.63, 3.8) is 0 Å². The Bertz CT molecular complexity index is 964. The van der Waals surface area contributed by atoms with Gasteiger partial charge in [0.15, 0.2) is 5.84 Å². The number of oxime groups is 1. The molecule has 158 valence electrons. The lowest BCUT2D eigenvalue weighted by Crippen LogP contribution is -2.40. The Morgan fingerprint density at radius 2 is 2.17 bits per heavy atom. The molecule has 30 heavy (non-hydrogen) atoms. The highest BCUT2D eigenvalue weighted by atomic mass is 35.5. The summed E-state index contributed by atoms with van der Waals surface area (Å²) in [6.07, 6.45) is 3.19. The first-order valence-corrected chi connectivity index (χ1v) is 10.7. The summed E-state index contributed by atoms with van der Waals surface area (Å²) in [5.41, 5.74) is 4.24. The van der Waals surface area contributed by atoms with Crippen LogP contribution < -0.4 is 5.32 Å². The van der Waals surface area contributed by atoms with E-state index in [1.54, 1.807) is 4.90 Å². The highest BCUT2D eigenvalue weighted by Gasteiger charge is 2.40. The molecule has 0 aromatic heterocycles. The van der Waals surface area contributed by atoms with Gasteiger partial charge in [-0.2, -0.15) is 0 Å². The number of nitrogens with one attached hydrogen (secondary N) is 1. The fraction of sp³-hybridized carbons (Fsp3) is 0.391. The summed E-state index contributed by atoms with van der Waals surface area (Å²) in [4.78, 5) is 18.8. The van der Waals surface area contributed by atoms with Crippen LogP contribution in [0.3, 0.4) is 0 Å². The lowest BCUT2D eigenvalue weighted by Gasteiger charge is -2.34. The molecule has 0 saturated carbocycles. The van der Waals surface area contributed by atoms with E-state index in [9.17, 15) is 9.90 Å². The lowest BCUT2D eigenvalue weighted by molar-refractivity contribution is -0.119. The third-order valence-electron chi connectivity index (χ3n) is 6.28. The molecule has 1 aliphatic heterocycles. The molecule has 0 saturated heterocycles. The number of aliphatic hydroxyl groups is 1. The number of carbonyl (C=O) groups is 1.